The van der Waals surface area contributed by atoms with Gasteiger partial charge in [-0.1, -0.05) is 13.2 Å². The van der Waals surface area contributed by atoms with Crippen LogP contribution in [0.5, 0.6) is 23.0 Å². The summed E-state index contributed by atoms with van der Waals surface area (Å²) in [7, 11) is 0. The molecule has 0 saturated carbocycles. The zero-order chi connectivity index (χ0) is 33.6. The molecule has 0 unspecified atom stereocenters. The van der Waals surface area contributed by atoms with Gasteiger partial charge in [-0.2, -0.15) is 17.6 Å². The minimum Gasteiger partial charge on any atom is -0.493 e. The number of hydrogen-bond donors (Lipinski definition) is 0. The second-order valence-corrected chi connectivity index (χ2v) is 8.89. The Hall–Kier alpha value is -5.66. The van der Waals surface area contributed by atoms with Crippen molar-refractivity contribution in [1.29, 1.82) is 0 Å². The van der Waals surface area contributed by atoms with Crippen LogP contribution in [-0.2, 0) is 19.1 Å². The lowest BCUT2D eigenvalue weighted by molar-refractivity contribution is -0.138. The van der Waals surface area contributed by atoms with Gasteiger partial charge in [-0.05, 0) is 48.5 Å². The molecule has 0 saturated heterocycles. The van der Waals surface area contributed by atoms with E-state index in [0.29, 0.717) is 12.8 Å². The molecular formula is C32H26F4O10. The van der Waals surface area contributed by atoms with Crippen LogP contribution in [0.2, 0.25) is 0 Å². The summed E-state index contributed by atoms with van der Waals surface area (Å²) in [5.74, 6) is -15.1. The van der Waals surface area contributed by atoms with Crippen molar-refractivity contribution < 1.29 is 65.2 Å². The number of carbonyl (C=O) groups is 4. The maximum atomic E-state index is 14.7. The van der Waals surface area contributed by atoms with E-state index >= 15 is 0 Å². The van der Waals surface area contributed by atoms with Gasteiger partial charge in [0.25, 0.3) is 0 Å². The van der Waals surface area contributed by atoms with Crippen molar-refractivity contribution in [2.45, 2.75) is 12.8 Å². The van der Waals surface area contributed by atoms with E-state index in [9.17, 15) is 36.7 Å². The highest BCUT2D eigenvalue weighted by atomic mass is 19.2. The van der Waals surface area contributed by atoms with E-state index in [1.165, 1.54) is 48.5 Å². The number of rotatable bonds is 16. The molecular weight excluding hydrogens is 620 g/mol. The van der Waals surface area contributed by atoms with Gasteiger partial charge in [0.05, 0.1) is 37.6 Å². The average molecular weight is 647 g/mol. The third kappa shape index (κ3) is 9.67. The first-order valence-electron chi connectivity index (χ1n) is 13.4. The zero-order valence-corrected chi connectivity index (χ0v) is 24.0. The Balaban J connectivity index is 1.59. The van der Waals surface area contributed by atoms with Crippen LogP contribution in [-0.4, -0.2) is 50.3 Å². The molecule has 14 heteroatoms. The molecule has 0 aromatic heterocycles. The Morgan fingerprint density at radius 2 is 0.870 bits per heavy atom. The topological polar surface area (TPSA) is 124 Å². The summed E-state index contributed by atoms with van der Waals surface area (Å²) in [6.07, 6.45) is 2.73. The highest BCUT2D eigenvalue weighted by Crippen LogP contribution is 2.35. The Morgan fingerprint density at radius 1 is 0.543 bits per heavy atom. The lowest BCUT2D eigenvalue weighted by Crippen LogP contribution is -2.16. The third-order valence-electron chi connectivity index (χ3n) is 5.69. The number of ether oxygens (including phenoxy) is 6. The van der Waals surface area contributed by atoms with Crippen molar-refractivity contribution in [2.24, 2.45) is 0 Å². The normalized spacial score (nSPS) is 10.3. The summed E-state index contributed by atoms with van der Waals surface area (Å²) in [6.45, 7) is 6.99. The fourth-order valence-electron chi connectivity index (χ4n) is 3.41. The summed E-state index contributed by atoms with van der Waals surface area (Å²) in [5, 5.41) is 0. The maximum absolute atomic E-state index is 14.7. The van der Waals surface area contributed by atoms with Crippen molar-refractivity contribution in [3.05, 3.63) is 108 Å². The van der Waals surface area contributed by atoms with Crippen LogP contribution in [0.25, 0.3) is 0 Å². The number of benzene rings is 3. The quantitative estimate of drug-likeness (QED) is 0.0480. The van der Waals surface area contributed by atoms with Gasteiger partial charge < -0.3 is 28.4 Å². The van der Waals surface area contributed by atoms with Crippen molar-refractivity contribution in [3.8, 4) is 23.0 Å². The van der Waals surface area contributed by atoms with Gasteiger partial charge in [0.1, 0.15) is 11.5 Å². The molecule has 242 valence electrons. The molecule has 3 aromatic rings. The van der Waals surface area contributed by atoms with E-state index in [1.807, 2.05) is 0 Å². The first kappa shape index (κ1) is 34.8. The SMILES string of the molecule is C=CC(=O)OCCCOc1ccc(C(=O)Oc2c(F)c(F)c(OC(=O)c3ccc(OCCCOC(=O)C=C)cc3)c(F)c2F)cc1. The Kier molecular flexibility index (Phi) is 12.9. The summed E-state index contributed by atoms with van der Waals surface area (Å²) in [6, 6.07) is 9.99. The van der Waals surface area contributed by atoms with Gasteiger partial charge >= 0.3 is 23.9 Å². The van der Waals surface area contributed by atoms with Crippen LogP contribution in [0, 0.1) is 23.3 Å². The van der Waals surface area contributed by atoms with E-state index in [2.05, 4.69) is 22.6 Å². The molecule has 3 aromatic carbocycles. The fourth-order valence-corrected chi connectivity index (χ4v) is 3.41. The predicted octanol–water partition coefficient (Wildman–Crippen LogP) is 5.68. The predicted molar refractivity (Wildman–Crippen MR) is 152 cm³/mol. The fraction of sp³-hybridized carbons (Fsp3) is 0.188. The zero-order valence-electron chi connectivity index (χ0n) is 24.0. The second-order valence-electron chi connectivity index (χ2n) is 8.89. The molecule has 10 nitrogen and oxygen atoms in total. The third-order valence-corrected chi connectivity index (χ3v) is 5.69. The molecule has 3 rings (SSSR count). The summed E-state index contributed by atoms with van der Waals surface area (Å²) in [5.41, 5.74) is -0.489. The minimum absolute atomic E-state index is 0.0837. The van der Waals surface area contributed by atoms with E-state index in [4.69, 9.17) is 18.9 Å². The van der Waals surface area contributed by atoms with Gasteiger partial charge in [-0.25, -0.2) is 19.2 Å². The first-order valence-corrected chi connectivity index (χ1v) is 13.4. The van der Waals surface area contributed by atoms with Crippen LogP contribution < -0.4 is 18.9 Å². The Labute approximate surface area is 259 Å². The second kappa shape index (κ2) is 17.0. The van der Waals surface area contributed by atoms with Gasteiger partial charge in [0.2, 0.25) is 34.8 Å². The minimum atomic E-state index is -2.12. The summed E-state index contributed by atoms with van der Waals surface area (Å²) >= 11 is 0. The van der Waals surface area contributed by atoms with Crippen LogP contribution >= 0.6 is 0 Å². The number of esters is 4. The molecule has 0 N–H and O–H groups in total. The number of halogens is 4. The van der Waals surface area contributed by atoms with E-state index in [-0.39, 0.29) is 49.1 Å². The summed E-state index contributed by atoms with van der Waals surface area (Å²) in [4.78, 5) is 46.9. The van der Waals surface area contributed by atoms with E-state index < -0.39 is 58.6 Å². The van der Waals surface area contributed by atoms with Gasteiger partial charge in [0.15, 0.2) is 0 Å². The molecule has 0 bridgehead atoms. The first-order chi connectivity index (χ1) is 22.0. The molecule has 0 radical (unpaired) electrons. The van der Waals surface area contributed by atoms with Gasteiger partial charge in [-0.3, -0.25) is 0 Å². The monoisotopic (exact) mass is 646 g/mol. The van der Waals surface area contributed by atoms with E-state index in [1.54, 1.807) is 0 Å². The molecule has 0 atom stereocenters. The lowest BCUT2D eigenvalue weighted by Gasteiger charge is -2.13. The van der Waals surface area contributed by atoms with Crippen molar-refractivity contribution in [2.75, 3.05) is 26.4 Å². The number of hydrogen-bond acceptors (Lipinski definition) is 10. The molecule has 46 heavy (non-hydrogen) atoms. The Morgan fingerprint density at radius 3 is 1.17 bits per heavy atom. The lowest BCUT2D eigenvalue weighted by atomic mass is 10.2. The van der Waals surface area contributed by atoms with Crippen molar-refractivity contribution in [1.82, 2.24) is 0 Å². The maximum Gasteiger partial charge on any atom is 0.343 e. The molecule has 0 spiro atoms. The van der Waals surface area contributed by atoms with Crippen molar-refractivity contribution in [3.63, 3.8) is 0 Å². The molecule has 0 heterocycles. The van der Waals surface area contributed by atoms with Crippen LogP contribution in [0.1, 0.15) is 33.6 Å². The number of carbonyl (C=O) groups excluding carboxylic acids is 4. The molecule has 0 fully saturated rings. The van der Waals surface area contributed by atoms with Gasteiger partial charge in [0, 0.05) is 25.0 Å². The highest BCUT2D eigenvalue weighted by molar-refractivity contribution is 5.92. The molecule has 0 aliphatic heterocycles. The smallest absolute Gasteiger partial charge is 0.343 e. The highest BCUT2D eigenvalue weighted by Gasteiger charge is 2.31. The van der Waals surface area contributed by atoms with E-state index in [0.717, 1.165) is 12.2 Å². The van der Waals surface area contributed by atoms with Gasteiger partial charge in [-0.15, -0.1) is 0 Å². The summed E-state index contributed by atoms with van der Waals surface area (Å²) < 4.78 is 88.4. The average Bonchev–Trinajstić information content (AvgIpc) is 3.07. The Bertz CT molecular complexity index is 1440. The van der Waals surface area contributed by atoms with Crippen molar-refractivity contribution >= 4 is 23.9 Å². The largest absolute Gasteiger partial charge is 0.493 e. The molecule has 0 amide bonds. The standard InChI is InChI=1S/C32H26F4O10/c1-3-23(37)43-17-5-15-41-21-11-7-19(8-12-21)31(39)45-29-25(33)27(35)30(28(36)26(29)34)46-32(40)20-9-13-22(14-10-20)42-16-6-18-44-24(38)4-2/h3-4,7-14H,1-2,5-6,15-18H2. The van der Waals surface area contributed by atoms with Crippen LogP contribution in [0.4, 0.5) is 17.6 Å². The molecule has 0 aliphatic carbocycles. The van der Waals surface area contributed by atoms with Crippen LogP contribution in [0.15, 0.2) is 73.8 Å². The van der Waals surface area contributed by atoms with Crippen LogP contribution in [0.3, 0.4) is 0 Å². The molecule has 0 aliphatic rings.